The molecule has 0 spiro atoms. The van der Waals surface area contributed by atoms with Gasteiger partial charge in [-0.15, -0.1) is 22.7 Å². The Bertz CT molecular complexity index is 4340. The molecule has 0 amide bonds. The number of nitrogens with zero attached hydrogens (tertiary/aromatic N) is 2. The van der Waals surface area contributed by atoms with E-state index in [-0.39, 0.29) is 0 Å². The number of anilines is 6. The van der Waals surface area contributed by atoms with Gasteiger partial charge in [-0.05, 0) is 140 Å². The Hall–Kier alpha value is -8.80. The molecular formula is C68H44N2S2. The van der Waals surface area contributed by atoms with Gasteiger partial charge in [0.2, 0.25) is 0 Å². The van der Waals surface area contributed by atoms with E-state index < -0.39 is 0 Å². The third-order valence-corrected chi connectivity index (χ3v) is 16.4. The molecule has 0 aliphatic carbocycles. The third kappa shape index (κ3) is 7.31. The lowest BCUT2D eigenvalue weighted by Gasteiger charge is -2.30. The van der Waals surface area contributed by atoms with E-state index >= 15 is 0 Å². The number of hydrogen-bond acceptors (Lipinski definition) is 4. The first-order valence-electron chi connectivity index (χ1n) is 24.5. The van der Waals surface area contributed by atoms with Crippen molar-refractivity contribution in [2.75, 3.05) is 9.80 Å². The fourth-order valence-corrected chi connectivity index (χ4v) is 13.1. The number of hydrogen-bond donors (Lipinski definition) is 0. The van der Waals surface area contributed by atoms with Crippen LogP contribution in [0.3, 0.4) is 0 Å². The average molecular weight is 953 g/mol. The van der Waals surface area contributed by atoms with Crippen LogP contribution in [0.15, 0.2) is 267 Å². The second-order valence-corrected chi connectivity index (χ2v) is 20.6. The zero-order valence-corrected chi connectivity index (χ0v) is 40.7. The molecule has 2 heterocycles. The maximum atomic E-state index is 2.49. The Morgan fingerprint density at radius 2 is 0.736 bits per heavy atom. The minimum atomic E-state index is 1.09. The van der Waals surface area contributed by atoms with Crippen molar-refractivity contribution in [3.63, 3.8) is 0 Å². The Balaban J connectivity index is 0.963. The molecule has 0 N–H and O–H groups in total. The monoisotopic (exact) mass is 952 g/mol. The van der Waals surface area contributed by atoms with Crippen molar-refractivity contribution >= 4 is 119 Å². The van der Waals surface area contributed by atoms with E-state index in [0.29, 0.717) is 0 Å². The molecule has 0 radical (unpaired) electrons. The summed E-state index contributed by atoms with van der Waals surface area (Å²) in [4.78, 5) is 4.96. The molecule has 0 bridgehead atoms. The Labute approximate surface area is 426 Å². The Morgan fingerprint density at radius 1 is 0.236 bits per heavy atom. The van der Waals surface area contributed by atoms with Gasteiger partial charge >= 0.3 is 0 Å². The Kier molecular flexibility index (Phi) is 10.3. The highest BCUT2D eigenvalue weighted by Crippen LogP contribution is 2.50. The highest BCUT2D eigenvalue weighted by atomic mass is 32.1. The van der Waals surface area contributed by atoms with Gasteiger partial charge in [-0.25, -0.2) is 0 Å². The normalized spacial score (nSPS) is 11.6. The summed E-state index contributed by atoms with van der Waals surface area (Å²) < 4.78 is 5.11. The number of para-hydroxylation sites is 1. The van der Waals surface area contributed by atoms with Gasteiger partial charge in [-0.1, -0.05) is 176 Å². The SMILES string of the molecule is c1ccc(-c2ccc(N(c3ccccc3-c3cccc(N(c4ccc5cc(-c6ccccc6)ccc5c4)c4cccc5sc6ccccc6c45)c3)c3cccc4sc5cc6ccccc6cc5c34)cc2)cc1. The molecule has 0 unspecified atom stereocenters. The summed E-state index contributed by atoms with van der Waals surface area (Å²) in [6.45, 7) is 0. The second-order valence-electron chi connectivity index (χ2n) is 18.5. The lowest BCUT2D eigenvalue weighted by atomic mass is 9.98. The van der Waals surface area contributed by atoms with E-state index in [1.807, 2.05) is 22.7 Å². The lowest BCUT2D eigenvalue weighted by Crippen LogP contribution is -2.12. The van der Waals surface area contributed by atoms with Gasteiger partial charge in [0.1, 0.15) is 0 Å². The van der Waals surface area contributed by atoms with E-state index in [1.54, 1.807) is 0 Å². The van der Waals surface area contributed by atoms with Gasteiger partial charge in [0, 0.05) is 63.0 Å². The highest BCUT2D eigenvalue weighted by Gasteiger charge is 2.24. The fourth-order valence-electron chi connectivity index (χ4n) is 10.8. The quantitative estimate of drug-likeness (QED) is 0.142. The van der Waals surface area contributed by atoms with Crippen molar-refractivity contribution in [2.45, 2.75) is 0 Å². The number of thiophene rings is 2. The minimum absolute atomic E-state index is 1.09. The van der Waals surface area contributed by atoms with E-state index in [4.69, 9.17) is 0 Å². The molecule has 338 valence electrons. The van der Waals surface area contributed by atoms with Gasteiger partial charge in [-0.2, -0.15) is 0 Å². The van der Waals surface area contributed by atoms with Crippen LogP contribution in [0.2, 0.25) is 0 Å². The maximum absolute atomic E-state index is 2.49. The smallest absolute Gasteiger partial charge is 0.0555 e. The maximum Gasteiger partial charge on any atom is 0.0555 e. The first-order chi connectivity index (χ1) is 35.7. The van der Waals surface area contributed by atoms with Crippen molar-refractivity contribution in [3.05, 3.63) is 267 Å². The largest absolute Gasteiger partial charge is 0.310 e. The first-order valence-corrected chi connectivity index (χ1v) is 26.1. The third-order valence-electron chi connectivity index (χ3n) is 14.2. The van der Waals surface area contributed by atoms with E-state index in [1.165, 1.54) is 84.1 Å². The molecule has 4 heteroatoms. The number of rotatable bonds is 9. The lowest BCUT2D eigenvalue weighted by molar-refractivity contribution is 1.29. The van der Waals surface area contributed by atoms with Gasteiger partial charge in [-0.3, -0.25) is 0 Å². The Morgan fingerprint density at radius 3 is 1.53 bits per heavy atom. The zero-order chi connectivity index (χ0) is 47.5. The van der Waals surface area contributed by atoms with Crippen LogP contribution in [0.1, 0.15) is 0 Å². The standard InChI is InChI=1S/C68H44N2S2/c1-3-16-45(17-4-1)47-34-37-54(38-35-47)70(62-28-15-31-65-68(62)59-43-48-20-7-8-21-49(48)44-66(59)72-65)60-26-11-9-24-57(60)53-22-13-23-55(42-53)69(61-27-14-30-64-67(61)58-25-10-12-29-63(58)71-64)56-39-36-51-40-50(32-33-52(51)41-56)46-18-5-2-6-19-46/h1-44H. The summed E-state index contributed by atoms with van der Waals surface area (Å²) in [6, 6.07) is 98.1. The summed E-state index contributed by atoms with van der Waals surface area (Å²) in [7, 11) is 0. The van der Waals surface area contributed by atoms with Crippen molar-refractivity contribution in [1.82, 2.24) is 0 Å². The molecule has 0 fully saturated rings. The topological polar surface area (TPSA) is 6.48 Å². The van der Waals surface area contributed by atoms with Crippen LogP contribution in [-0.2, 0) is 0 Å². The molecule has 2 nitrogen and oxygen atoms in total. The van der Waals surface area contributed by atoms with Crippen LogP contribution in [0, 0.1) is 0 Å². The van der Waals surface area contributed by atoms with E-state index in [2.05, 4.69) is 277 Å². The summed E-state index contributed by atoms with van der Waals surface area (Å²) >= 11 is 3.73. The highest BCUT2D eigenvalue weighted by molar-refractivity contribution is 7.26. The molecule has 14 rings (SSSR count). The molecule has 0 aliphatic rings. The first kappa shape index (κ1) is 42.1. The van der Waals surface area contributed by atoms with E-state index in [9.17, 15) is 0 Å². The molecule has 72 heavy (non-hydrogen) atoms. The van der Waals surface area contributed by atoms with Crippen LogP contribution in [-0.4, -0.2) is 0 Å². The van der Waals surface area contributed by atoms with Gasteiger partial charge in [0.25, 0.3) is 0 Å². The molecule has 12 aromatic carbocycles. The van der Waals surface area contributed by atoms with E-state index in [0.717, 1.165) is 45.3 Å². The van der Waals surface area contributed by atoms with Gasteiger partial charge in [0.15, 0.2) is 0 Å². The van der Waals surface area contributed by atoms with Crippen molar-refractivity contribution in [2.24, 2.45) is 0 Å². The summed E-state index contributed by atoms with van der Waals surface area (Å²) in [6.07, 6.45) is 0. The van der Waals surface area contributed by atoms with Crippen LogP contribution >= 0.6 is 22.7 Å². The molecule has 2 aromatic heterocycles. The number of fused-ring (bicyclic) bond motifs is 8. The van der Waals surface area contributed by atoms with Gasteiger partial charge in [0.05, 0.1) is 17.1 Å². The van der Waals surface area contributed by atoms with Crippen LogP contribution in [0.4, 0.5) is 34.1 Å². The molecule has 14 aromatic rings. The molecule has 0 atom stereocenters. The molecule has 0 saturated heterocycles. The minimum Gasteiger partial charge on any atom is -0.310 e. The molecular weight excluding hydrogens is 909 g/mol. The summed E-state index contributed by atoms with van der Waals surface area (Å²) in [5.41, 5.74) is 13.8. The van der Waals surface area contributed by atoms with Gasteiger partial charge < -0.3 is 9.80 Å². The van der Waals surface area contributed by atoms with Crippen LogP contribution in [0.25, 0.3) is 95.3 Å². The predicted octanol–water partition coefficient (Wildman–Crippen LogP) is 20.7. The molecule has 0 aliphatic heterocycles. The summed E-state index contributed by atoms with van der Waals surface area (Å²) in [5, 5.41) is 9.96. The average Bonchev–Trinajstić information content (AvgIpc) is 4.02. The van der Waals surface area contributed by atoms with Crippen LogP contribution in [0.5, 0.6) is 0 Å². The zero-order valence-electron chi connectivity index (χ0n) is 39.1. The van der Waals surface area contributed by atoms with Crippen LogP contribution < -0.4 is 9.80 Å². The van der Waals surface area contributed by atoms with Crippen molar-refractivity contribution in [3.8, 4) is 33.4 Å². The van der Waals surface area contributed by atoms with Crippen molar-refractivity contribution < 1.29 is 0 Å². The molecule has 0 saturated carbocycles. The summed E-state index contributed by atoms with van der Waals surface area (Å²) in [5.74, 6) is 0. The second kappa shape index (κ2) is 17.6. The predicted molar refractivity (Wildman–Crippen MR) is 313 cm³/mol. The number of benzene rings is 12. The van der Waals surface area contributed by atoms with Crippen molar-refractivity contribution in [1.29, 1.82) is 0 Å². The fraction of sp³-hybridized carbons (Fsp3) is 0.